The molecule has 0 saturated heterocycles. The van der Waals surface area contributed by atoms with Gasteiger partial charge in [0.2, 0.25) is 0 Å². The molecular weight excluding hydrogens is 383 g/mol. The normalized spacial score (nSPS) is 11.1. The van der Waals surface area contributed by atoms with E-state index in [0.717, 1.165) is 15.8 Å². The van der Waals surface area contributed by atoms with E-state index in [9.17, 15) is 9.18 Å². The number of benzene rings is 2. The number of rotatable bonds is 4. The van der Waals surface area contributed by atoms with Crippen molar-refractivity contribution in [2.45, 2.75) is 13.5 Å². The summed E-state index contributed by atoms with van der Waals surface area (Å²) in [4.78, 5) is 12.9. The van der Waals surface area contributed by atoms with Gasteiger partial charge in [0.25, 0.3) is 5.91 Å². The number of thiophene rings is 1. The molecule has 0 aliphatic heterocycles. The highest BCUT2D eigenvalue weighted by Crippen LogP contribution is 2.27. The Balaban J connectivity index is 1.69. The molecule has 0 unspecified atom stereocenters. The highest BCUT2D eigenvalue weighted by atomic mass is 35.5. The highest BCUT2D eigenvalue weighted by Gasteiger charge is 2.17. The van der Waals surface area contributed by atoms with E-state index in [1.807, 2.05) is 46.3 Å². The summed E-state index contributed by atoms with van der Waals surface area (Å²) in [5.41, 5.74) is 3.91. The van der Waals surface area contributed by atoms with E-state index in [0.29, 0.717) is 28.5 Å². The zero-order valence-corrected chi connectivity index (χ0v) is 16.1. The molecule has 3 nitrogen and oxygen atoms in total. The molecule has 0 spiro atoms. The maximum absolute atomic E-state index is 13.3. The van der Waals surface area contributed by atoms with E-state index >= 15 is 0 Å². The van der Waals surface area contributed by atoms with Crippen LogP contribution in [0.4, 0.5) is 10.1 Å². The minimum Gasteiger partial charge on any atom is -0.331 e. The van der Waals surface area contributed by atoms with Crippen LogP contribution in [-0.2, 0) is 6.54 Å². The monoisotopic (exact) mass is 398 g/mol. The van der Waals surface area contributed by atoms with Crippen LogP contribution in [0.25, 0.3) is 10.2 Å². The van der Waals surface area contributed by atoms with Crippen LogP contribution < -0.4 is 5.32 Å². The molecule has 136 valence electrons. The van der Waals surface area contributed by atoms with Gasteiger partial charge >= 0.3 is 0 Å². The number of carbonyl (C=O) groups is 1. The molecular formula is C21H16ClFN2OS. The fourth-order valence-corrected chi connectivity index (χ4v) is 4.01. The number of fused-ring (bicyclic) bond motifs is 1. The molecule has 4 rings (SSSR count). The van der Waals surface area contributed by atoms with Gasteiger partial charge in [0.05, 0.1) is 10.2 Å². The Kier molecular flexibility index (Phi) is 4.72. The van der Waals surface area contributed by atoms with Crippen molar-refractivity contribution in [3.8, 4) is 0 Å². The quantitative estimate of drug-likeness (QED) is 0.442. The van der Waals surface area contributed by atoms with Crippen molar-refractivity contribution in [2.75, 3.05) is 5.32 Å². The van der Waals surface area contributed by atoms with E-state index in [4.69, 9.17) is 11.6 Å². The largest absolute Gasteiger partial charge is 0.331 e. The number of carbonyl (C=O) groups excluding carboxylic acids is 1. The van der Waals surface area contributed by atoms with Crippen LogP contribution in [0, 0.1) is 12.7 Å². The van der Waals surface area contributed by atoms with Crippen molar-refractivity contribution in [2.24, 2.45) is 0 Å². The molecule has 1 N–H and O–H groups in total. The fraction of sp³-hybridized carbons (Fsp3) is 0.0952. The fourth-order valence-electron chi connectivity index (χ4n) is 3.06. The Hall–Kier alpha value is -2.63. The number of anilines is 1. The number of aromatic nitrogens is 1. The second-order valence-electron chi connectivity index (χ2n) is 6.33. The molecule has 2 aromatic carbocycles. The Bertz CT molecular complexity index is 1130. The van der Waals surface area contributed by atoms with Crippen molar-refractivity contribution in [3.05, 3.63) is 87.6 Å². The summed E-state index contributed by atoms with van der Waals surface area (Å²) in [6.45, 7) is 2.33. The highest BCUT2D eigenvalue weighted by molar-refractivity contribution is 7.17. The predicted octanol–water partition coefficient (Wildman–Crippen LogP) is 6.10. The average Bonchev–Trinajstić information content (AvgIpc) is 3.22. The van der Waals surface area contributed by atoms with Gasteiger partial charge in [-0.25, -0.2) is 4.39 Å². The lowest BCUT2D eigenvalue weighted by atomic mass is 10.2. The number of aryl methyl sites for hydroxylation is 1. The third-order valence-corrected chi connectivity index (χ3v) is 5.55. The van der Waals surface area contributed by atoms with Crippen molar-refractivity contribution in [1.82, 2.24) is 4.57 Å². The third kappa shape index (κ3) is 3.61. The number of amides is 1. The van der Waals surface area contributed by atoms with Crippen molar-refractivity contribution >= 4 is 44.7 Å². The molecule has 0 aliphatic carbocycles. The number of nitrogens with zero attached hydrogens (tertiary/aromatic N) is 1. The minimum absolute atomic E-state index is 0.220. The van der Waals surface area contributed by atoms with Crippen molar-refractivity contribution in [1.29, 1.82) is 0 Å². The maximum Gasteiger partial charge on any atom is 0.272 e. The van der Waals surface area contributed by atoms with Gasteiger partial charge in [0.15, 0.2) is 0 Å². The summed E-state index contributed by atoms with van der Waals surface area (Å²) in [6.07, 6.45) is 0. The van der Waals surface area contributed by atoms with E-state index < -0.39 is 0 Å². The standard InChI is InChI=1S/C21H16ClFN2OS/c1-13-10-16(23)6-7-17(13)24-21(26)19-11-20-18(8-9-27-20)25(19)12-14-2-4-15(22)5-3-14/h2-11H,12H2,1H3,(H,24,26). The number of halogens is 2. The van der Waals surface area contributed by atoms with Crippen LogP contribution in [0.3, 0.4) is 0 Å². The van der Waals surface area contributed by atoms with Gasteiger partial charge in [-0.3, -0.25) is 4.79 Å². The Morgan fingerprint density at radius 2 is 1.93 bits per heavy atom. The van der Waals surface area contributed by atoms with Crippen LogP contribution in [0.1, 0.15) is 21.6 Å². The SMILES string of the molecule is Cc1cc(F)ccc1NC(=O)c1cc2sccc2n1Cc1ccc(Cl)cc1. The molecule has 0 atom stereocenters. The van der Waals surface area contributed by atoms with Crippen LogP contribution in [0.15, 0.2) is 60.0 Å². The molecule has 1 amide bonds. The number of hydrogen-bond acceptors (Lipinski definition) is 2. The molecule has 27 heavy (non-hydrogen) atoms. The molecule has 0 bridgehead atoms. The van der Waals surface area contributed by atoms with E-state index in [2.05, 4.69) is 5.32 Å². The third-order valence-electron chi connectivity index (χ3n) is 4.45. The molecule has 2 heterocycles. The smallest absolute Gasteiger partial charge is 0.272 e. The first-order valence-electron chi connectivity index (χ1n) is 8.40. The van der Waals surface area contributed by atoms with Gasteiger partial charge < -0.3 is 9.88 Å². The van der Waals surface area contributed by atoms with Gasteiger partial charge in [0.1, 0.15) is 11.5 Å². The topological polar surface area (TPSA) is 34.0 Å². The molecule has 0 fully saturated rings. The van der Waals surface area contributed by atoms with E-state index in [-0.39, 0.29) is 11.7 Å². The van der Waals surface area contributed by atoms with Crippen LogP contribution in [-0.4, -0.2) is 10.5 Å². The van der Waals surface area contributed by atoms with Crippen LogP contribution >= 0.6 is 22.9 Å². The first-order valence-corrected chi connectivity index (χ1v) is 9.66. The van der Waals surface area contributed by atoms with Crippen molar-refractivity contribution in [3.63, 3.8) is 0 Å². The molecule has 2 aromatic heterocycles. The van der Waals surface area contributed by atoms with Crippen LogP contribution in [0.2, 0.25) is 5.02 Å². The summed E-state index contributed by atoms with van der Waals surface area (Å²) in [5.74, 6) is -0.542. The lowest BCUT2D eigenvalue weighted by molar-refractivity contribution is 0.101. The predicted molar refractivity (Wildman–Crippen MR) is 109 cm³/mol. The van der Waals surface area contributed by atoms with E-state index in [1.165, 1.54) is 12.1 Å². The first-order chi connectivity index (χ1) is 13.0. The van der Waals surface area contributed by atoms with Crippen LogP contribution in [0.5, 0.6) is 0 Å². The zero-order valence-electron chi connectivity index (χ0n) is 14.5. The Morgan fingerprint density at radius 3 is 2.67 bits per heavy atom. The van der Waals surface area contributed by atoms with Gasteiger partial charge in [0, 0.05) is 17.3 Å². The summed E-state index contributed by atoms with van der Waals surface area (Å²) in [5, 5.41) is 5.58. The number of hydrogen-bond donors (Lipinski definition) is 1. The minimum atomic E-state index is -0.322. The summed E-state index contributed by atoms with van der Waals surface area (Å²) >= 11 is 7.57. The van der Waals surface area contributed by atoms with Gasteiger partial charge in [-0.05, 0) is 65.9 Å². The molecule has 4 aromatic rings. The molecule has 6 heteroatoms. The zero-order chi connectivity index (χ0) is 19.0. The molecule has 0 saturated carbocycles. The summed E-state index contributed by atoms with van der Waals surface area (Å²) < 4.78 is 16.4. The Labute approximate surface area is 165 Å². The lowest BCUT2D eigenvalue weighted by Gasteiger charge is -2.12. The number of nitrogens with one attached hydrogen (secondary N) is 1. The Morgan fingerprint density at radius 1 is 1.15 bits per heavy atom. The second kappa shape index (κ2) is 7.18. The van der Waals surface area contributed by atoms with E-state index in [1.54, 1.807) is 24.3 Å². The van der Waals surface area contributed by atoms with Gasteiger partial charge in [-0.2, -0.15) is 0 Å². The maximum atomic E-state index is 13.3. The second-order valence-corrected chi connectivity index (χ2v) is 7.71. The van der Waals surface area contributed by atoms with Gasteiger partial charge in [-0.1, -0.05) is 23.7 Å². The lowest BCUT2D eigenvalue weighted by Crippen LogP contribution is -2.18. The van der Waals surface area contributed by atoms with Crippen molar-refractivity contribution < 1.29 is 9.18 Å². The average molecular weight is 399 g/mol. The van der Waals surface area contributed by atoms with Gasteiger partial charge in [-0.15, -0.1) is 11.3 Å². The summed E-state index contributed by atoms with van der Waals surface area (Å²) in [7, 11) is 0. The molecule has 0 radical (unpaired) electrons. The summed E-state index contributed by atoms with van der Waals surface area (Å²) in [6, 6.07) is 15.8. The first kappa shape index (κ1) is 17.8. The molecule has 0 aliphatic rings.